The van der Waals surface area contributed by atoms with Crippen LogP contribution in [-0.2, 0) is 9.09 Å². The normalized spacial score (nSPS) is 12.9. The third kappa shape index (κ3) is 5.24. The van der Waals surface area contributed by atoms with Gasteiger partial charge in [0.25, 0.3) is 0 Å². The molecule has 0 aliphatic rings. The molecule has 5 rings (SSSR count). The number of aromatic carboxylic acids is 1. The van der Waals surface area contributed by atoms with Crippen LogP contribution >= 0.6 is 41.8 Å². The quantitative estimate of drug-likeness (QED) is 0.183. The molecule has 0 saturated heterocycles. The van der Waals surface area contributed by atoms with Gasteiger partial charge in [0.05, 0.1) is 22.6 Å². The molecule has 0 aliphatic heterocycles. The van der Waals surface area contributed by atoms with Crippen LogP contribution in [0.2, 0.25) is 5.02 Å². The number of nitrogens with one attached hydrogen (secondary N) is 1. The molecule has 0 amide bonds. The number of rotatable bonds is 8. The molecule has 1 unspecified atom stereocenters. The highest BCUT2D eigenvalue weighted by molar-refractivity contribution is 7.68. The summed E-state index contributed by atoms with van der Waals surface area (Å²) in [6.07, 6.45) is 0. The second kappa shape index (κ2) is 10.4. The van der Waals surface area contributed by atoms with Crippen LogP contribution in [0.5, 0.6) is 0 Å². The van der Waals surface area contributed by atoms with Crippen LogP contribution in [0.1, 0.15) is 22.2 Å². The van der Waals surface area contributed by atoms with E-state index in [-0.39, 0.29) is 17.2 Å². The van der Waals surface area contributed by atoms with Crippen molar-refractivity contribution >= 4 is 68.8 Å². The van der Waals surface area contributed by atoms with Gasteiger partial charge in [-0.3, -0.25) is 4.57 Å². The van der Waals surface area contributed by atoms with E-state index in [4.69, 9.17) is 16.1 Å². The minimum absolute atomic E-state index is 0.0479. The number of benzene rings is 3. The summed E-state index contributed by atoms with van der Waals surface area (Å²) in [6, 6.07) is 25.3. The second-order valence-corrected chi connectivity index (χ2v) is 13.0. The first-order valence-corrected chi connectivity index (χ1v) is 15.2. The molecular formula is C28H23ClNO4PS2. The topological polar surface area (TPSA) is 75.6 Å². The molecule has 2 heterocycles. The van der Waals surface area contributed by atoms with E-state index >= 15 is 0 Å². The van der Waals surface area contributed by atoms with Crippen LogP contribution in [0.15, 0.2) is 78.9 Å². The highest BCUT2D eigenvalue weighted by Crippen LogP contribution is 2.50. The third-order valence-electron chi connectivity index (χ3n) is 5.80. The predicted octanol–water partition coefficient (Wildman–Crippen LogP) is 8.92. The van der Waals surface area contributed by atoms with E-state index in [1.165, 1.54) is 15.0 Å². The van der Waals surface area contributed by atoms with Crippen molar-refractivity contribution in [3.05, 3.63) is 94.3 Å². The van der Waals surface area contributed by atoms with Gasteiger partial charge in [-0.25, -0.2) is 4.79 Å². The average Bonchev–Trinajstić information content (AvgIpc) is 3.48. The molecule has 9 heteroatoms. The van der Waals surface area contributed by atoms with Gasteiger partial charge in [-0.15, -0.1) is 22.7 Å². The van der Waals surface area contributed by atoms with E-state index < -0.39 is 13.5 Å². The fourth-order valence-electron chi connectivity index (χ4n) is 4.05. The zero-order valence-corrected chi connectivity index (χ0v) is 23.3. The van der Waals surface area contributed by atoms with Crippen LogP contribution in [-0.4, -0.2) is 17.7 Å². The Balaban J connectivity index is 1.48. The van der Waals surface area contributed by atoms with Gasteiger partial charge in [0.2, 0.25) is 0 Å². The van der Waals surface area contributed by atoms with Crippen molar-refractivity contribution in [1.82, 2.24) is 0 Å². The number of anilines is 1. The molecule has 0 saturated carbocycles. The van der Waals surface area contributed by atoms with Gasteiger partial charge in [-0.1, -0.05) is 60.1 Å². The lowest BCUT2D eigenvalue weighted by atomic mass is 10.1. The summed E-state index contributed by atoms with van der Waals surface area (Å²) in [4.78, 5) is 14.0. The second-order valence-electron chi connectivity index (χ2n) is 8.42. The third-order valence-corrected chi connectivity index (χ3v) is 10.8. The molecule has 188 valence electrons. The fraction of sp³-hybridized carbons (Fsp3) is 0.107. The number of thiophene rings is 2. The number of hydrogen-bond acceptors (Lipinski definition) is 5. The summed E-state index contributed by atoms with van der Waals surface area (Å²) >= 11 is 9.26. The molecule has 5 aromatic rings. The van der Waals surface area contributed by atoms with E-state index in [1.54, 1.807) is 42.5 Å². The van der Waals surface area contributed by atoms with E-state index in [0.717, 1.165) is 32.9 Å². The number of halogens is 1. The van der Waals surface area contributed by atoms with Crippen LogP contribution in [0.25, 0.3) is 31.0 Å². The zero-order valence-electron chi connectivity index (χ0n) is 20.0. The smallest absolute Gasteiger partial charge is 0.348 e. The molecule has 0 spiro atoms. The summed E-state index contributed by atoms with van der Waals surface area (Å²) in [5.74, 6) is -1.11. The van der Waals surface area contributed by atoms with Crippen molar-refractivity contribution in [2.75, 3.05) is 11.7 Å². The Morgan fingerprint density at radius 3 is 2.27 bits per heavy atom. The van der Waals surface area contributed by atoms with Gasteiger partial charge in [0.15, 0.2) is 0 Å². The summed E-state index contributed by atoms with van der Waals surface area (Å²) in [6.45, 7) is 3.77. The molecule has 5 nitrogen and oxygen atoms in total. The van der Waals surface area contributed by atoms with Gasteiger partial charge >= 0.3 is 13.5 Å². The summed E-state index contributed by atoms with van der Waals surface area (Å²) in [7, 11) is -3.70. The van der Waals surface area contributed by atoms with E-state index in [0.29, 0.717) is 10.3 Å². The maximum Gasteiger partial charge on any atom is 0.348 e. The van der Waals surface area contributed by atoms with Crippen molar-refractivity contribution in [3.8, 4) is 20.9 Å². The van der Waals surface area contributed by atoms with Gasteiger partial charge in [0, 0.05) is 14.5 Å². The van der Waals surface area contributed by atoms with Crippen LogP contribution < -0.4 is 10.4 Å². The number of carboxylic acid groups (broad SMARTS) is 1. The Bertz CT molecular complexity index is 1630. The van der Waals surface area contributed by atoms with Crippen molar-refractivity contribution < 1.29 is 19.0 Å². The highest BCUT2D eigenvalue weighted by Gasteiger charge is 2.31. The maximum atomic E-state index is 13.9. The SMILES string of the molecule is CCOP(=O)(Nc1cc(-c2ccc(-c3cc4ccccc4s3)cc2)sc1C(=O)O)c1ccc(C)cc1Cl. The van der Waals surface area contributed by atoms with Crippen LogP contribution in [0, 0.1) is 6.92 Å². The first kappa shape index (κ1) is 25.7. The number of carboxylic acids is 1. The molecule has 2 aromatic heterocycles. The molecule has 0 aliphatic carbocycles. The first-order valence-electron chi connectivity index (χ1n) is 11.5. The lowest BCUT2D eigenvalue weighted by Crippen LogP contribution is -2.16. The van der Waals surface area contributed by atoms with Gasteiger partial charge in [0.1, 0.15) is 4.88 Å². The minimum atomic E-state index is -3.70. The molecule has 0 radical (unpaired) electrons. The van der Waals surface area contributed by atoms with Crippen molar-refractivity contribution in [1.29, 1.82) is 0 Å². The molecule has 1 atom stereocenters. The van der Waals surface area contributed by atoms with Gasteiger partial charge in [-0.05, 0) is 66.3 Å². The van der Waals surface area contributed by atoms with E-state index in [1.807, 2.05) is 43.3 Å². The number of hydrogen-bond donors (Lipinski definition) is 2. The molecular weight excluding hydrogens is 545 g/mol. The number of aryl methyl sites for hydroxylation is 1. The number of fused-ring (bicyclic) bond motifs is 1. The van der Waals surface area contributed by atoms with Gasteiger partial charge in [-0.2, -0.15) is 0 Å². The minimum Gasteiger partial charge on any atom is -0.477 e. The fourth-order valence-corrected chi connectivity index (χ4v) is 8.52. The van der Waals surface area contributed by atoms with E-state index in [9.17, 15) is 14.5 Å². The van der Waals surface area contributed by atoms with Crippen LogP contribution in [0.4, 0.5) is 5.69 Å². The molecule has 2 N–H and O–H groups in total. The Kier molecular flexibility index (Phi) is 7.26. The summed E-state index contributed by atoms with van der Waals surface area (Å²) < 4.78 is 20.8. The summed E-state index contributed by atoms with van der Waals surface area (Å²) in [5.41, 5.74) is 3.10. The largest absolute Gasteiger partial charge is 0.477 e. The summed E-state index contributed by atoms with van der Waals surface area (Å²) in [5, 5.41) is 14.6. The molecule has 3 aromatic carbocycles. The molecule has 0 bridgehead atoms. The standard InChI is InChI=1S/C28H23ClNO4PS2/c1-3-34-35(33,23-13-8-17(2)14-21(23)29)30-22-16-26(37-27(22)28(31)32)19-11-9-18(10-12-19)25-15-20-6-4-5-7-24(20)36-25/h4-16H,3H2,1-2H3,(H,30,33)(H,31,32). The number of carbonyl (C=O) groups is 1. The van der Waals surface area contributed by atoms with E-state index in [2.05, 4.69) is 23.3 Å². The highest BCUT2D eigenvalue weighted by atomic mass is 35.5. The van der Waals surface area contributed by atoms with Crippen molar-refractivity contribution in [3.63, 3.8) is 0 Å². The molecule has 37 heavy (non-hydrogen) atoms. The zero-order chi connectivity index (χ0) is 26.2. The van der Waals surface area contributed by atoms with Gasteiger partial charge < -0.3 is 14.7 Å². The first-order chi connectivity index (χ1) is 17.8. The average molecular weight is 568 g/mol. The Labute approximate surface area is 227 Å². The Hall–Kier alpha value is -2.93. The molecule has 0 fully saturated rings. The maximum absolute atomic E-state index is 13.9. The lowest BCUT2D eigenvalue weighted by molar-refractivity contribution is 0.0703. The predicted molar refractivity (Wildman–Crippen MR) is 156 cm³/mol. The monoisotopic (exact) mass is 567 g/mol. The van der Waals surface area contributed by atoms with Crippen LogP contribution in [0.3, 0.4) is 0 Å². The Morgan fingerprint density at radius 1 is 0.973 bits per heavy atom. The lowest BCUT2D eigenvalue weighted by Gasteiger charge is -2.21. The van der Waals surface area contributed by atoms with Crippen molar-refractivity contribution in [2.45, 2.75) is 13.8 Å². The van der Waals surface area contributed by atoms with Crippen molar-refractivity contribution in [2.24, 2.45) is 0 Å². The Morgan fingerprint density at radius 2 is 1.65 bits per heavy atom.